The monoisotopic (exact) mass is 321 g/mol. The third-order valence-corrected chi connectivity index (χ3v) is 3.97. The summed E-state index contributed by atoms with van der Waals surface area (Å²) < 4.78 is 9.85. The van der Waals surface area contributed by atoms with Crippen LogP contribution in [0.1, 0.15) is 6.92 Å². The van der Waals surface area contributed by atoms with Crippen LogP contribution in [0.25, 0.3) is 11.0 Å². The van der Waals surface area contributed by atoms with Crippen molar-refractivity contribution in [1.29, 1.82) is 0 Å². The lowest BCUT2D eigenvalue weighted by molar-refractivity contribution is -0.144. The molecule has 22 heavy (non-hydrogen) atoms. The quantitative estimate of drug-likeness (QED) is 0.511. The standard InChI is InChI=1S/C15H15NO5S/c1-9(17)16-11(14(18)20-2)8-22-13-7-10-5-3-4-6-12(10)21-15(13)19/h3-7,11H,8H2,1-2H3,(H,16,17)/t11-/m0/s1. The largest absolute Gasteiger partial charge is 0.467 e. The number of fused-ring (bicyclic) bond motifs is 1. The molecule has 0 bridgehead atoms. The first-order chi connectivity index (χ1) is 10.5. The SMILES string of the molecule is COC(=O)[C@H](CSc1cc2ccccc2oc1=O)NC(C)=O. The maximum Gasteiger partial charge on any atom is 0.350 e. The van der Waals surface area contributed by atoms with Crippen molar-refractivity contribution >= 4 is 34.6 Å². The van der Waals surface area contributed by atoms with Crippen LogP contribution in [0.4, 0.5) is 0 Å². The van der Waals surface area contributed by atoms with E-state index in [2.05, 4.69) is 10.1 Å². The number of hydrogen-bond donors (Lipinski definition) is 1. The zero-order valence-electron chi connectivity index (χ0n) is 12.1. The van der Waals surface area contributed by atoms with Crippen LogP contribution in [0, 0.1) is 0 Å². The molecule has 0 saturated heterocycles. The molecular formula is C15H15NO5S. The Hall–Kier alpha value is -2.28. The minimum atomic E-state index is -0.821. The highest BCUT2D eigenvalue weighted by molar-refractivity contribution is 7.99. The summed E-state index contributed by atoms with van der Waals surface area (Å²) in [6.07, 6.45) is 0. The number of thioether (sulfide) groups is 1. The summed E-state index contributed by atoms with van der Waals surface area (Å²) in [7, 11) is 1.24. The van der Waals surface area contributed by atoms with Crippen molar-refractivity contribution in [2.75, 3.05) is 12.9 Å². The van der Waals surface area contributed by atoms with E-state index >= 15 is 0 Å². The van der Waals surface area contributed by atoms with Crippen LogP contribution in [0.5, 0.6) is 0 Å². The highest BCUT2D eigenvalue weighted by atomic mass is 32.2. The van der Waals surface area contributed by atoms with Crippen LogP contribution < -0.4 is 10.9 Å². The summed E-state index contributed by atoms with van der Waals surface area (Å²) in [5, 5.41) is 3.28. The normalized spacial score (nSPS) is 11.9. The van der Waals surface area contributed by atoms with Gasteiger partial charge in [0.15, 0.2) is 0 Å². The Kier molecular flexibility index (Phi) is 5.21. The number of ether oxygens (including phenoxy) is 1. The Labute approximate surface area is 130 Å². The fourth-order valence-corrected chi connectivity index (χ4v) is 2.81. The number of esters is 1. The van der Waals surface area contributed by atoms with Gasteiger partial charge in [-0.3, -0.25) is 4.79 Å². The summed E-state index contributed by atoms with van der Waals surface area (Å²) in [6, 6.07) is 8.04. The van der Waals surface area contributed by atoms with Gasteiger partial charge in [-0.2, -0.15) is 0 Å². The summed E-state index contributed by atoms with van der Waals surface area (Å²) in [4.78, 5) is 35.0. The first kappa shape index (κ1) is 16.1. The van der Waals surface area contributed by atoms with Gasteiger partial charge in [0.1, 0.15) is 11.6 Å². The highest BCUT2D eigenvalue weighted by Crippen LogP contribution is 2.20. The van der Waals surface area contributed by atoms with Gasteiger partial charge in [0.05, 0.1) is 12.0 Å². The van der Waals surface area contributed by atoms with Gasteiger partial charge in [0.2, 0.25) is 5.91 Å². The van der Waals surface area contributed by atoms with Crippen molar-refractivity contribution in [3.05, 3.63) is 40.8 Å². The summed E-state index contributed by atoms with van der Waals surface area (Å²) in [6.45, 7) is 1.31. The minimum absolute atomic E-state index is 0.176. The Morgan fingerprint density at radius 2 is 2.09 bits per heavy atom. The molecule has 2 rings (SSSR count). The second-order valence-electron chi connectivity index (χ2n) is 4.52. The topological polar surface area (TPSA) is 85.6 Å². The van der Waals surface area contributed by atoms with E-state index in [4.69, 9.17) is 4.42 Å². The van der Waals surface area contributed by atoms with Crippen molar-refractivity contribution in [2.45, 2.75) is 17.9 Å². The maximum absolute atomic E-state index is 11.9. The van der Waals surface area contributed by atoms with Crippen LogP contribution >= 0.6 is 11.8 Å². The number of methoxy groups -OCH3 is 1. The van der Waals surface area contributed by atoms with Gasteiger partial charge in [-0.15, -0.1) is 11.8 Å². The van der Waals surface area contributed by atoms with E-state index in [1.165, 1.54) is 14.0 Å². The zero-order chi connectivity index (χ0) is 16.1. The van der Waals surface area contributed by atoms with Gasteiger partial charge in [0.25, 0.3) is 0 Å². The Morgan fingerprint density at radius 1 is 1.36 bits per heavy atom. The van der Waals surface area contributed by atoms with Crippen molar-refractivity contribution in [1.82, 2.24) is 5.32 Å². The van der Waals surface area contributed by atoms with Gasteiger partial charge >= 0.3 is 11.6 Å². The van der Waals surface area contributed by atoms with Crippen molar-refractivity contribution in [2.24, 2.45) is 0 Å². The highest BCUT2D eigenvalue weighted by Gasteiger charge is 2.21. The van der Waals surface area contributed by atoms with Gasteiger partial charge in [-0.1, -0.05) is 18.2 Å². The molecule has 1 heterocycles. The Bertz CT molecular complexity index is 755. The number of nitrogens with one attached hydrogen (secondary N) is 1. The molecule has 0 spiro atoms. The molecule has 0 fully saturated rings. The molecule has 7 heteroatoms. The molecule has 1 atom stereocenters. The molecule has 116 valence electrons. The van der Waals surface area contributed by atoms with E-state index in [0.29, 0.717) is 10.5 Å². The van der Waals surface area contributed by atoms with Crippen molar-refractivity contribution in [3.8, 4) is 0 Å². The molecule has 0 radical (unpaired) electrons. The lowest BCUT2D eigenvalue weighted by Gasteiger charge is -2.14. The Morgan fingerprint density at radius 3 is 2.77 bits per heavy atom. The van der Waals surface area contributed by atoms with Crippen LogP contribution in [0.15, 0.2) is 44.4 Å². The first-order valence-electron chi connectivity index (χ1n) is 6.52. The van der Waals surface area contributed by atoms with E-state index < -0.39 is 17.6 Å². The number of hydrogen-bond acceptors (Lipinski definition) is 6. The van der Waals surface area contributed by atoms with Gasteiger partial charge < -0.3 is 14.5 Å². The summed E-state index contributed by atoms with van der Waals surface area (Å²) >= 11 is 1.13. The third-order valence-electron chi connectivity index (χ3n) is 2.88. The van der Waals surface area contributed by atoms with E-state index in [1.807, 2.05) is 12.1 Å². The molecule has 1 aromatic heterocycles. The minimum Gasteiger partial charge on any atom is -0.467 e. The van der Waals surface area contributed by atoms with E-state index in [9.17, 15) is 14.4 Å². The van der Waals surface area contributed by atoms with Gasteiger partial charge in [0, 0.05) is 18.1 Å². The van der Waals surface area contributed by atoms with Crippen LogP contribution in [0.2, 0.25) is 0 Å². The van der Waals surface area contributed by atoms with Crippen molar-refractivity contribution < 1.29 is 18.7 Å². The smallest absolute Gasteiger partial charge is 0.350 e. The molecule has 0 saturated carbocycles. The first-order valence-corrected chi connectivity index (χ1v) is 7.50. The molecule has 0 aliphatic rings. The lowest BCUT2D eigenvalue weighted by atomic mass is 10.2. The van der Waals surface area contributed by atoms with Crippen LogP contribution in [-0.4, -0.2) is 30.8 Å². The number of carbonyl (C=O) groups is 2. The van der Waals surface area contributed by atoms with Crippen molar-refractivity contribution in [3.63, 3.8) is 0 Å². The van der Waals surface area contributed by atoms with E-state index in [1.54, 1.807) is 18.2 Å². The van der Waals surface area contributed by atoms with Crippen LogP contribution in [0.3, 0.4) is 0 Å². The average molecular weight is 321 g/mol. The second-order valence-corrected chi connectivity index (χ2v) is 5.59. The molecule has 2 aromatic rings. The molecule has 0 aliphatic carbocycles. The molecule has 6 nitrogen and oxygen atoms in total. The number of benzene rings is 1. The molecule has 0 aliphatic heterocycles. The summed E-state index contributed by atoms with van der Waals surface area (Å²) in [5.74, 6) is -0.732. The summed E-state index contributed by atoms with van der Waals surface area (Å²) in [5.41, 5.74) is 0.0263. The Balaban J connectivity index is 2.18. The number of carbonyl (C=O) groups excluding carboxylic acids is 2. The lowest BCUT2D eigenvalue weighted by Crippen LogP contribution is -2.42. The van der Waals surface area contributed by atoms with Gasteiger partial charge in [-0.05, 0) is 12.1 Å². The predicted molar refractivity (Wildman–Crippen MR) is 82.8 cm³/mol. The molecule has 1 N–H and O–H groups in total. The molecule has 1 amide bonds. The third kappa shape index (κ3) is 3.88. The molecule has 0 unspecified atom stereocenters. The molecule has 1 aromatic carbocycles. The fraction of sp³-hybridized carbons (Fsp3) is 0.267. The predicted octanol–water partition coefficient (Wildman–Crippen LogP) is 1.56. The number of amides is 1. The second kappa shape index (κ2) is 7.13. The van der Waals surface area contributed by atoms with Gasteiger partial charge in [-0.25, -0.2) is 9.59 Å². The number of rotatable bonds is 5. The van der Waals surface area contributed by atoms with E-state index in [-0.39, 0.29) is 11.7 Å². The molecular weight excluding hydrogens is 306 g/mol. The maximum atomic E-state index is 11.9. The van der Waals surface area contributed by atoms with E-state index in [0.717, 1.165) is 17.1 Å². The fourth-order valence-electron chi connectivity index (χ4n) is 1.87. The van der Waals surface area contributed by atoms with Crippen LogP contribution in [-0.2, 0) is 14.3 Å². The number of para-hydroxylation sites is 1. The average Bonchev–Trinajstić information content (AvgIpc) is 2.50. The zero-order valence-corrected chi connectivity index (χ0v) is 12.9.